The molecule has 0 radical (unpaired) electrons. The Kier molecular flexibility index (Phi) is 32.4. The van der Waals surface area contributed by atoms with Crippen molar-refractivity contribution in [3.05, 3.63) is 181 Å². The summed E-state index contributed by atoms with van der Waals surface area (Å²) < 4.78 is 106. The van der Waals surface area contributed by atoms with E-state index in [1.54, 1.807) is 119 Å². The predicted octanol–water partition coefficient (Wildman–Crippen LogP) is 12.7. The van der Waals surface area contributed by atoms with E-state index in [1.807, 2.05) is 62.0 Å². The van der Waals surface area contributed by atoms with E-state index >= 15 is 17.6 Å². The van der Waals surface area contributed by atoms with Gasteiger partial charge in [-0.05, 0) is 202 Å². The number of para-hydroxylation sites is 2. The molecule has 0 bridgehead atoms. The van der Waals surface area contributed by atoms with Crippen molar-refractivity contribution in [1.29, 1.82) is 0 Å². The Labute approximate surface area is 814 Å². The van der Waals surface area contributed by atoms with Crippen molar-refractivity contribution in [1.82, 2.24) is 69.8 Å². The van der Waals surface area contributed by atoms with Gasteiger partial charge in [-0.25, -0.2) is 32.3 Å². The highest BCUT2D eigenvalue weighted by Crippen LogP contribution is 2.45. The van der Waals surface area contributed by atoms with Crippen LogP contribution in [0.1, 0.15) is 130 Å². The van der Waals surface area contributed by atoms with Crippen molar-refractivity contribution in [2.24, 2.45) is 10.8 Å². The molecule has 6 aromatic carbocycles. The van der Waals surface area contributed by atoms with Crippen LogP contribution in [0.25, 0.3) is 66.8 Å². The second-order valence-corrected chi connectivity index (χ2v) is 37.9. The molecule has 18 rings (SSSR count). The molecule has 140 heavy (non-hydrogen) atoms. The van der Waals surface area contributed by atoms with E-state index in [1.165, 1.54) is 29.2 Å². The molecular weight excluding hydrogens is 1830 g/mol. The summed E-state index contributed by atoms with van der Waals surface area (Å²) in [5, 5.41) is 38.2. The number of morpholine rings is 2. The number of piperidine rings is 3. The van der Waals surface area contributed by atoms with Crippen LogP contribution in [0, 0.1) is 57.8 Å². The molecule has 12 heterocycles. The monoisotopic (exact) mass is 1940 g/mol. The Bertz CT molecular complexity index is 6280. The predicted molar refractivity (Wildman–Crippen MR) is 515 cm³/mol. The van der Waals surface area contributed by atoms with Gasteiger partial charge < -0.3 is 49.0 Å². The number of halogens is 6. The minimum Gasteiger partial charge on any atom is -0.481 e. The highest BCUT2D eigenvalue weighted by atomic mass is 35.5. The third-order valence-corrected chi connectivity index (χ3v) is 26.3. The Morgan fingerprint density at radius 1 is 0.586 bits per heavy atom. The van der Waals surface area contributed by atoms with Crippen molar-refractivity contribution in [2.75, 3.05) is 153 Å². The van der Waals surface area contributed by atoms with Crippen molar-refractivity contribution in [3.8, 4) is 79.9 Å². The molecule has 8 aliphatic rings. The zero-order valence-corrected chi connectivity index (χ0v) is 79.7. The Balaban J connectivity index is 0.000000169. The number of imide groups is 4. The third kappa shape index (κ3) is 25.0. The molecular formula is C103H115ClF5N17O14. The summed E-state index contributed by atoms with van der Waals surface area (Å²) in [5.41, 5.74) is 3.50. The van der Waals surface area contributed by atoms with E-state index in [9.17, 15) is 48.2 Å². The van der Waals surface area contributed by atoms with E-state index < -0.39 is 76.0 Å². The fraction of sp³-hybridized carbons (Fsp3) is 0.447. The number of hydrogen-bond donors (Lipinski definition) is 4. The molecule has 31 nitrogen and oxygen atoms in total. The van der Waals surface area contributed by atoms with Crippen molar-refractivity contribution >= 4 is 86.6 Å². The van der Waals surface area contributed by atoms with Gasteiger partial charge in [0.15, 0.2) is 0 Å². The summed E-state index contributed by atoms with van der Waals surface area (Å²) in [4.78, 5) is 119. The number of benzene rings is 6. The summed E-state index contributed by atoms with van der Waals surface area (Å²) in [6, 6.07) is 30.6. The second-order valence-electron chi connectivity index (χ2n) is 37.5. The standard InChI is InChI=1S/C48H51F2N9O6.C27H33ClN2O7.C27H28F2N6O.CH3F/c1-47(63,13-4-22-65-36-9-7-35(8-10-36)58-32-48(27-44(58)61)14-11-43(60)54-46(48)62)12-3-15-55-16-18-57(19-17-55)59-30-34(28-52-59)42-29-51-41-6-2-5-37(45(41)53-42)33-25-39(49)38(40(50)26-33)31-56-20-23-64-24-21-56;1-25(2,3)37-24(34)30-21(31)11-14-27(23(30)33)17-22(32)29(18-27)19-7-9-20(10-8-19)36-16-6-13-26(4,35)12-5-15-28;28-23-12-18(13-24(29)22(23)17-34-8-10-36-11-9-34)21-2-1-3-25-27(21)33-26(15-31-25)19-14-32-35(16-19)20-4-6-30-7-5-20;1-2/h2,5-10,25-26,28-30,63H,3,11-12,14-24,27,31-32H2,1H3,(H,54,60,62);7-10,35H,5,11-12,14-18H2,1-4H3;1-3,12-16,20,30H,4-11,17H2;1H3/i;;;1D. The molecule has 8 aliphatic heterocycles. The largest absolute Gasteiger partial charge is 0.481 e. The second kappa shape index (κ2) is 45.2. The van der Waals surface area contributed by atoms with Crippen LogP contribution in [0.4, 0.5) is 38.1 Å². The van der Waals surface area contributed by atoms with Crippen LogP contribution in [0.3, 0.4) is 0 Å². The van der Waals surface area contributed by atoms with E-state index in [0.717, 1.165) is 76.2 Å². The number of nitrogens with zero attached hydrogens (tertiary/aromatic N) is 15. The molecule has 738 valence electrons. The number of alkyl halides is 2. The zero-order chi connectivity index (χ0) is 99.8. The van der Waals surface area contributed by atoms with Crippen LogP contribution in [0.2, 0.25) is 0 Å². The number of carbonyl (C=O) groups excluding carboxylic acids is 7. The van der Waals surface area contributed by atoms with Crippen molar-refractivity contribution in [3.63, 3.8) is 0 Å². The van der Waals surface area contributed by atoms with E-state index in [2.05, 4.69) is 64.4 Å². The molecule has 4 aromatic heterocycles. The van der Waals surface area contributed by atoms with E-state index in [4.69, 9.17) is 46.6 Å². The van der Waals surface area contributed by atoms with Crippen LogP contribution in [0.5, 0.6) is 11.5 Å². The molecule has 37 heteroatoms. The lowest BCUT2D eigenvalue weighted by Crippen LogP contribution is -2.55. The average molecular weight is 1950 g/mol. The van der Waals surface area contributed by atoms with Crippen LogP contribution in [-0.4, -0.2) is 266 Å². The molecule has 10 aromatic rings. The van der Waals surface area contributed by atoms with Crippen molar-refractivity contribution < 1.29 is 90.8 Å². The SMILES string of the molecule is CC(O)(C#CCOc1ccc(N2CC3(CCC(=O)N(C(=O)OC(C)(C)C)C3=O)CC2=O)cc1)CCCCl.CC(O)(C#CCOc1ccc(N2CC3(CCC(=O)NC3=O)CC2=O)cc1)CCCN1CCN(n2cc(-c3cnc4cccc(-c5cc(F)c(CN6CCOCC6)c(F)c5)c4n3)cn2)CC1.Fc1cc(-c2cccc3ncc(-c4cnn(C5CCNCC5)c4)nc23)cc(F)c1CN1CCOCC1.[2H]CF. The first-order valence-electron chi connectivity index (χ1n) is 47.7. The van der Waals surface area contributed by atoms with Gasteiger partial charge in [0.1, 0.15) is 64.8 Å². The molecule has 0 aliphatic carbocycles. The lowest BCUT2D eigenvalue weighted by molar-refractivity contribution is -0.155. The number of likely N-dealkylation sites (tertiary alicyclic amines) is 1. The van der Waals surface area contributed by atoms with Gasteiger partial charge in [0.05, 0.1) is 116 Å². The molecule has 4 atom stereocenters. The third-order valence-electron chi connectivity index (χ3n) is 26.0. The average Bonchev–Trinajstić information content (AvgIpc) is 1.60. The molecule has 0 saturated carbocycles. The van der Waals surface area contributed by atoms with E-state index in [0.29, 0.717) is 174 Å². The summed E-state index contributed by atoms with van der Waals surface area (Å²) in [5.74, 6) is 8.22. The van der Waals surface area contributed by atoms with Crippen LogP contribution < -0.4 is 34.9 Å². The van der Waals surface area contributed by atoms with Gasteiger partial charge >= 0.3 is 6.09 Å². The zero-order valence-electron chi connectivity index (χ0n) is 80.0. The lowest BCUT2D eigenvalue weighted by Gasteiger charge is -2.36. The Hall–Kier alpha value is -12.8. The number of nitrogens with one attached hydrogen (secondary N) is 2. The number of piperazine rings is 1. The lowest BCUT2D eigenvalue weighted by atomic mass is 9.78. The number of fused-ring (bicyclic) bond motifs is 2. The maximum atomic E-state index is 15.4. The number of rotatable bonds is 23. The van der Waals surface area contributed by atoms with Crippen LogP contribution in [0.15, 0.2) is 146 Å². The van der Waals surface area contributed by atoms with Gasteiger partial charge in [0.25, 0.3) is 0 Å². The number of aliphatic hydroxyl groups is 2. The maximum Gasteiger partial charge on any atom is 0.424 e. The number of anilines is 2. The van der Waals surface area contributed by atoms with Crippen molar-refractivity contribution in [2.45, 2.75) is 148 Å². The normalized spacial score (nSPS) is 19.9. The fourth-order valence-electron chi connectivity index (χ4n) is 18.4. The molecule has 8 fully saturated rings. The molecule has 8 saturated heterocycles. The summed E-state index contributed by atoms with van der Waals surface area (Å²) >= 11 is 5.65. The summed E-state index contributed by atoms with van der Waals surface area (Å²) in [6.07, 6.45) is 15.0. The van der Waals surface area contributed by atoms with Gasteiger partial charge in [0.2, 0.25) is 35.4 Å². The number of amides is 7. The van der Waals surface area contributed by atoms with Crippen LogP contribution >= 0.6 is 11.6 Å². The molecule has 4 N–H and O–H groups in total. The summed E-state index contributed by atoms with van der Waals surface area (Å²) in [6.45, 7) is 19.8. The first-order valence-corrected chi connectivity index (χ1v) is 47.5. The number of hydrogen-bond acceptors (Lipinski definition) is 25. The molecule has 7 amide bonds. The first-order chi connectivity index (χ1) is 67.8. The van der Waals surface area contributed by atoms with Crippen LogP contribution in [-0.2, 0) is 56.1 Å². The minimum atomic E-state index is -1.19. The fourth-order valence-corrected chi connectivity index (χ4v) is 18.5. The Morgan fingerprint density at radius 2 is 1.06 bits per heavy atom. The molecule has 4 unspecified atom stereocenters. The van der Waals surface area contributed by atoms with Gasteiger partial charge in [-0.3, -0.25) is 72.8 Å². The Morgan fingerprint density at radius 3 is 1.56 bits per heavy atom. The number of ether oxygens (including phenoxy) is 5. The minimum absolute atomic E-state index is 0.0291. The van der Waals surface area contributed by atoms with Gasteiger partial charge in [-0.1, -0.05) is 47.9 Å². The van der Waals surface area contributed by atoms with E-state index in [-0.39, 0.29) is 106 Å². The highest BCUT2D eigenvalue weighted by Gasteiger charge is 2.57. The van der Waals surface area contributed by atoms with Gasteiger partial charge in [-0.15, -0.1) is 11.6 Å². The smallest absolute Gasteiger partial charge is 0.424 e. The maximum absolute atomic E-state index is 15.4. The van der Waals surface area contributed by atoms with Gasteiger partial charge in [0, 0.05) is 161 Å². The van der Waals surface area contributed by atoms with Gasteiger partial charge in [-0.2, -0.15) is 19.9 Å². The summed E-state index contributed by atoms with van der Waals surface area (Å²) in [7, 11) is -1.00. The number of carbonyl (C=O) groups is 7. The number of aromatic nitrogens is 8. The topological polar surface area (TPSA) is 340 Å². The molecule has 2 spiro atoms. The highest BCUT2D eigenvalue weighted by molar-refractivity contribution is 6.18. The quantitative estimate of drug-likeness (QED) is 0.0200. The first kappa shape index (κ1) is 100.